The molecule has 0 atom stereocenters. The molecule has 3 nitrogen and oxygen atoms in total. The predicted octanol–water partition coefficient (Wildman–Crippen LogP) is 3.04. The Labute approximate surface area is 99.0 Å². The number of aromatic nitrogens is 2. The van der Waals surface area contributed by atoms with Gasteiger partial charge in [0.05, 0.1) is 11.0 Å². The van der Waals surface area contributed by atoms with Crippen LogP contribution in [0.3, 0.4) is 0 Å². The number of aryl methyl sites for hydroxylation is 1. The summed E-state index contributed by atoms with van der Waals surface area (Å²) in [5, 5.41) is 9.31. The number of aromatic hydroxyl groups is 1. The second-order valence-electron chi connectivity index (χ2n) is 4.00. The molecule has 0 radical (unpaired) electrons. The van der Waals surface area contributed by atoms with E-state index in [1.807, 2.05) is 43.3 Å². The van der Waals surface area contributed by atoms with Crippen LogP contribution in [0.4, 0.5) is 0 Å². The van der Waals surface area contributed by atoms with Crippen molar-refractivity contribution < 1.29 is 5.11 Å². The molecule has 1 heterocycles. The Bertz CT molecular complexity index is 668. The average molecular weight is 224 g/mol. The molecular formula is C14H12N2O. The maximum atomic E-state index is 9.31. The third kappa shape index (κ3) is 1.56. The number of phenolic OH excluding ortho intramolecular Hbond substituents is 1. The van der Waals surface area contributed by atoms with Crippen LogP contribution in [-0.2, 0) is 0 Å². The van der Waals surface area contributed by atoms with Gasteiger partial charge < -0.3 is 5.11 Å². The van der Waals surface area contributed by atoms with Crippen LogP contribution < -0.4 is 0 Å². The Morgan fingerprint density at radius 1 is 1.00 bits per heavy atom. The van der Waals surface area contributed by atoms with Crippen LogP contribution in [0.2, 0.25) is 0 Å². The van der Waals surface area contributed by atoms with Crippen LogP contribution in [0.25, 0.3) is 16.7 Å². The molecule has 0 saturated heterocycles. The average Bonchev–Trinajstić information content (AvgIpc) is 2.66. The van der Waals surface area contributed by atoms with E-state index < -0.39 is 0 Å². The van der Waals surface area contributed by atoms with Crippen molar-refractivity contribution in [1.29, 1.82) is 0 Å². The highest BCUT2D eigenvalue weighted by Gasteiger charge is 2.07. The van der Waals surface area contributed by atoms with Crippen LogP contribution in [0.15, 0.2) is 48.5 Å². The number of hydrogen-bond donors (Lipinski definition) is 1. The van der Waals surface area contributed by atoms with Crippen LogP contribution >= 0.6 is 0 Å². The molecule has 0 unspecified atom stereocenters. The number of para-hydroxylation sites is 2. The Hall–Kier alpha value is -2.29. The molecule has 3 heteroatoms. The molecule has 0 saturated carbocycles. The van der Waals surface area contributed by atoms with Crippen molar-refractivity contribution in [1.82, 2.24) is 9.55 Å². The van der Waals surface area contributed by atoms with E-state index in [1.54, 1.807) is 12.1 Å². The van der Waals surface area contributed by atoms with Gasteiger partial charge in [0.15, 0.2) is 0 Å². The fourth-order valence-electron chi connectivity index (χ4n) is 2.07. The van der Waals surface area contributed by atoms with Gasteiger partial charge in [0, 0.05) is 5.69 Å². The number of phenols is 1. The smallest absolute Gasteiger partial charge is 0.115 e. The zero-order valence-electron chi connectivity index (χ0n) is 9.46. The molecule has 0 amide bonds. The third-order valence-electron chi connectivity index (χ3n) is 2.84. The van der Waals surface area contributed by atoms with Gasteiger partial charge in [-0.15, -0.1) is 0 Å². The summed E-state index contributed by atoms with van der Waals surface area (Å²) in [6, 6.07) is 15.2. The lowest BCUT2D eigenvalue weighted by molar-refractivity contribution is 0.475. The molecule has 3 rings (SSSR count). The quantitative estimate of drug-likeness (QED) is 0.690. The summed E-state index contributed by atoms with van der Waals surface area (Å²) >= 11 is 0. The molecule has 0 spiro atoms. The standard InChI is InChI=1S/C14H12N2O/c1-10-15-13-4-2-3-5-14(13)16(10)11-6-8-12(17)9-7-11/h2-9,17H,1H3. The highest BCUT2D eigenvalue weighted by atomic mass is 16.3. The number of rotatable bonds is 1. The number of benzene rings is 2. The Morgan fingerprint density at radius 3 is 2.47 bits per heavy atom. The van der Waals surface area contributed by atoms with Gasteiger partial charge in [-0.25, -0.2) is 4.98 Å². The maximum Gasteiger partial charge on any atom is 0.115 e. The van der Waals surface area contributed by atoms with E-state index in [1.165, 1.54) is 0 Å². The van der Waals surface area contributed by atoms with E-state index >= 15 is 0 Å². The Balaban J connectivity index is 2.29. The van der Waals surface area contributed by atoms with Crippen molar-refractivity contribution in [2.75, 3.05) is 0 Å². The molecule has 0 aliphatic carbocycles. The predicted molar refractivity (Wildman–Crippen MR) is 67.5 cm³/mol. The zero-order valence-corrected chi connectivity index (χ0v) is 9.46. The van der Waals surface area contributed by atoms with Gasteiger partial charge in [-0.1, -0.05) is 12.1 Å². The van der Waals surface area contributed by atoms with Crippen molar-refractivity contribution in [3.63, 3.8) is 0 Å². The first-order valence-corrected chi connectivity index (χ1v) is 5.49. The molecule has 1 N–H and O–H groups in total. The summed E-state index contributed by atoms with van der Waals surface area (Å²) in [5.41, 5.74) is 3.07. The third-order valence-corrected chi connectivity index (χ3v) is 2.84. The number of imidazole rings is 1. The molecule has 0 bridgehead atoms. The molecule has 2 aromatic carbocycles. The molecule has 0 aliphatic heterocycles. The van der Waals surface area contributed by atoms with Gasteiger partial charge in [0.2, 0.25) is 0 Å². The molecule has 17 heavy (non-hydrogen) atoms. The van der Waals surface area contributed by atoms with Gasteiger partial charge in [0.1, 0.15) is 11.6 Å². The number of hydrogen-bond acceptors (Lipinski definition) is 2. The van der Waals surface area contributed by atoms with Crippen LogP contribution in [0, 0.1) is 6.92 Å². The van der Waals surface area contributed by atoms with E-state index in [4.69, 9.17) is 0 Å². The fourth-order valence-corrected chi connectivity index (χ4v) is 2.07. The molecule has 84 valence electrons. The molecule has 0 aliphatic rings. The summed E-state index contributed by atoms with van der Waals surface area (Å²) in [4.78, 5) is 4.51. The lowest BCUT2D eigenvalue weighted by Crippen LogP contribution is -1.95. The summed E-state index contributed by atoms with van der Waals surface area (Å²) in [6.07, 6.45) is 0. The van der Waals surface area contributed by atoms with Crippen molar-refractivity contribution in [3.8, 4) is 11.4 Å². The highest BCUT2D eigenvalue weighted by Crippen LogP contribution is 2.22. The first-order chi connectivity index (χ1) is 8.25. The van der Waals surface area contributed by atoms with E-state index in [-0.39, 0.29) is 5.75 Å². The van der Waals surface area contributed by atoms with Gasteiger partial charge in [-0.3, -0.25) is 4.57 Å². The van der Waals surface area contributed by atoms with Crippen molar-refractivity contribution in [2.45, 2.75) is 6.92 Å². The topological polar surface area (TPSA) is 38.0 Å². The van der Waals surface area contributed by atoms with Crippen LogP contribution in [0.5, 0.6) is 5.75 Å². The monoisotopic (exact) mass is 224 g/mol. The normalized spacial score (nSPS) is 10.9. The second kappa shape index (κ2) is 3.63. The zero-order chi connectivity index (χ0) is 11.8. The summed E-state index contributed by atoms with van der Waals surface area (Å²) in [7, 11) is 0. The minimum Gasteiger partial charge on any atom is -0.508 e. The first-order valence-electron chi connectivity index (χ1n) is 5.49. The molecular weight excluding hydrogens is 212 g/mol. The van der Waals surface area contributed by atoms with Gasteiger partial charge >= 0.3 is 0 Å². The van der Waals surface area contributed by atoms with Crippen LogP contribution in [0.1, 0.15) is 5.82 Å². The van der Waals surface area contributed by atoms with Gasteiger partial charge in [-0.2, -0.15) is 0 Å². The minimum atomic E-state index is 0.274. The van der Waals surface area contributed by atoms with Gasteiger partial charge in [0.25, 0.3) is 0 Å². The van der Waals surface area contributed by atoms with Gasteiger partial charge in [-0.05, 0) is 43.3 Å². The lowest BCUT2D eigenvalue weighted by Gasteiger charge is -2.06. The fraction of sp³-hybridized carbons (Fsp3) is 0.0714. The molecule has 0 fully saturated rings. The van der Waals surface area contributed by atoms with Crippen molar-refractivity contribution >= 4 is 11.0 Å². The maximum absolute atomic E-state index is 9.31. The van der Waals surface area contributed by atoms with E-state index in [9.17, 15) is 5.11 Å². The highest BCUT2D eigenvalue weighted by molar-refractivity contribution is 5.78. The largest absolute Gasteiger partial charge is 0.508 e. The molecule has 3 aromatic rings. The second-order valence-corrected chi connectivity index (χ2v) is 4.00. The molecule has 1 aromatic heterocycles. The SMILES string of the molecule is Cc1nc2ccccc2n1-c1ccc(O)cc1. The number of nitrogens with zero attached hydrogens (tertiary/aromatic N) is 2. The summed E-state index contributed by atoms with van der Waals surface area (Å²) in [6.45, 7) is 1.98. The van der Waals surface area contributed by atoms with E-state index in [0.717, 1.165) is 22.5 Å². The Kier molecular flexibility index (Phi) is 2.11. The van der Waals surface area contributed by atoms with Crippen molar-refractivity contribution in [2.24, 2.45) is 0 Å². The number of fused-ring (bicyclic) bond motifs is 1. The van der Waals surface area contributed by atoms with Crippen LogP contribution in [-0.4, -0.2) is 14.7 Å². The van der Waals surface area contributed by atoms with E-state index in [0.29, 0.717) is 0 Å². The minimum absolute atomic E-state index is 0.274. The summed E-state index contributed by atoms with van der Waals surface area (Å²) < 4.78 is 2.08. The first kappa shape index (κ1) is 9.90. The summed E-state index contributed by atoms with van der Waals surface area (Å²) in [5.74, 6) is 1.22. The lowest BCUT2D eigenvalue weighted by atomic mass is 10.2. The van der Waals surface area contributed by atoms with Crippen molar-refractivity contribution in [3.05, 3.63) is 54.4 Å². The van der Waals surface area contributed by atoms with E-state index in [2.05, 4.69) is 9.55 Å². The Morgan fingerprint density at radius 2 is 1.71 bits per heavy atom.